The number of rotatable bonds is 3. The molecule has 1 aromatic rings. The molecule has 1 heterocycles. The fraction of sp³-hybridized carbons (Fsp3) is 0.571. The van der Waals surface area contributed by atoms with Gasteiger partial charge in [0, 0.05) is 24.0 Å². The van der Waals surface area contributed by atoms with Gasteiger partial charge in [-0.15, -0.1) is 11.6 Å². The van der Waals surface area contributed by atoms with Crippen LogP contribution in [0, 0.1) is 11.8 Å². The molecule has 0 radical (unpaired) electrons. The fourth-order valence-corrected chi connectivity index (χ4v) is 5.23. The van der Waals surface area contributed by atoms with E-state index in [1.54, 1.807) is 6.07 Å². The van der Waals surface area contributed by atoms with Crippen molar-refractivity contribution in [2.45, 2.75) is 31.0 Å². The number of benzene rings is 1. The summed E-state index contributed by atoms with van der Waals surface area (Å²) in [6, 6.07) is 2.99. The SMILES string of the molecule is CC1CCN(S(=O)(=O)c2cc(Cl)cc(CCl)c2Cl)CC1C. The van der Waals surface area contributed by atoms with E-state index in [1.807, 2.05) is 0 Å². The van der Waals surface area contributed by atoms with E-state index >= 15 is 0 Å². The van der Waals surface area contributed by atoms with E-state index in [0.717, 1.165) is 6.42 Å². The summed E-state index contributed by atoms with van der Waals surface area (Å²) < 4.78 is 27.1. The molecule has 3 nitrogen and oxygen atoms in total. The predicted octanol–water partition coefficient (Wildman–Crippen LogP) is 4.40. The average Bonchev–Trinajstić information content (AvgIpc) is 2.43. The van der Waals surface area contributed by atoms with E-state index < -0.39 is 10.0 Å². The van der Waals surface area contributed by atoms with E-state index in [0.29, 0.717) is 35.5 Å². The van der Waals surface area contributed by atoms with Crippen LogP contribution in [0.2, 0.25) is 10.0 Å². The van der Waals surface area contributed by atoms with E-state index in [9.17, 15) is 8.42 Å². The first-order valence-electron chi connectivity index (χ1n) is 6.81. The largest absolute Gasteiger partial charge is 0.244 e. The quantitative estimate of drug-likeness (QED) is 0.740. The first-order chi connectivity index (χ1) is 9.77. The van der Waals surface area contributed by atoms with Gasteiger partial charge in [0.2, 0.25) is 10.0 Å². The summed E-state index contributed by atoms with van der Waals surface area (Å²) in [5, 5.41) is 0.493. The Labute approximate surface area is 141 Å². The van der Waals surface area contributed by atoms with Crippen LogP contribution in [0.5, 0.6) is 0 Å². The molecule has 0 amide bonds. The maximum absolute atomic E-state index is 12.8. The minimum Gasteiger partial charge on any atom is -0.207 e. The first-order valence-corrected chi connectivity index (χ1v) is 9.54. The Morgan fingerprint density at radius 2 is 1.90 bits per heavy atom. The second-order valence-corrected chi connectivity index (χ2v) is 8.60. The van der Waals surface area contributed by atoms with Gasteiger partial charge in [-0.25, -0.2) is 8.42 Å². The van der Waals surface area contributed by atoms with Gasteiger partial charge in [-0.2, -0.15) is 4.31 Å². The molecule has 0 aliphatic carbocycles. The van der Waals surface area contributed by atoms with E-state index in [4.69, 9.17) is 34.8 Å². The van der Waals surface area contributed by atoms with Gasteiger partial charge in [-0.05, 0) is 36.0 Å². The van der Waals surface area contributed by atoms with Crippen LogP contribution in [0.4, 0.5) is 0 Å². The number of piperidine rings is 1. The van der Waals surface area contributed by atoms with Crippen molar-refractivity contribution >= 4 is 44.8 Å². The van der Waals surface area contributed by atoms with Gasteiger partial charge in [0.15, 0.2) is 0 Å². The van der Waals surface area contributed by atoms with E-state index in [1.165, 1.54) is 10.4 Å². The topological polar surface area (TPSA) is 37.4 Å². The average molecular weight is 371 g/mol. The molecule has 1 saturated heterocycles. The lowest BCUT2D eigenvalue weighted by Crippen LogP contribution is -2.42. The summed E-state index contributed by atoms with van der Waals surface area (Å²) in [6.45, 7) is 5.22. The molecule has 1 fully saturated rings. The van der Waals surface area contributed by atoms with Crippen molar-refractivity contribution in [1.82, 2.24) is 4.31 Å². The monoisotopic (exact) mass is 369 g/mol. The zero-order valence-electron chi connectivity index (χ0n) is 11.9. The smallest absolute Gasteiger partial charge is 0.207 e. The molecule has 0 saturated carbocycles. The Hall–Kier alpha value is -0.000000000000000111. The van der Waals surface area contributed by atoms with E-state index in [-0.39, 0.29) is 15.8 Å². The highest BCUT2D eigenvalue weighted by Crippen LogP contribution is 2.34. The van der Waals surface area contributed by atoms with Crippen LogP contribution in [0.25, 0.3) is 0 Å². The summed E-state index contributed by atoms with van der Waals surface area (Å²) in [7, 11) is -3.65. The zero-order valence-corrected chi connectivity index (χ0v) is 15.0. The van der Waals surface area contributed by atoms with Gasteiger partial charge in [-0.3, -0.25) is 0 Å². The van der Waals surface area contributed by atoms with Gasteiger partial charge < -0.3 is 0 Å². The van der Waals surface area contributed by atoms with Gasteiger partial charge >= 0.3 is 0 Å². The molecule has 0 spiro atoms. The molecular weight excluding hydrogens is 353 g/mol. The number of hydrogen-bond donors (Lipinski definition) is 0. The first kappa shape index (κ1) is 17.4. The zero-order chi connectivity index (χ0) is 15.8. The van der Waals surface area contributed by atoms with Crippen molar-refractivity contribution in [3.8, 4) is 0 Å². The van der Waals surface area contributed by atoms with Crippen molar-refractivity contribution in [3.05, 3.63) is 27.7 Å². The van der Waals surface area contributed by atoms with Crippen molar-refractivity contribution in [1.29, 1.82) is 0 Å². The van der Waals surface area contributed by atoms with Crippen LogP contribution in [0.1, 0.15) is 25.8 Å². The standard InChI is InChI=1S/C14H18Cl3NO2S/c1-9-3-4-18(8-10(9)2)21(19,20)13-6-12(16)5-11(7-15)14(13)17/h5-6,9-10H,3-4,7-8H2,1-2H3. The number of nitrogens with zero attached hydrogens (tertiary/aromatic N) is 1. The summed E-state index contributed by atoms with van der Waals surface area (Å²) in [4.78, 5) is 0.0501. The molecule has 7 heteroatoms. The number of hydrogen-bond acceptors (Lipinski definition) is 2. The Kier molecular flexibility index (Phi) is 5.48. The molecule has 21 heavy (non-hydrogen) atoms. The third-order valence-corrected chi connectivity index (χ3v) is 7.09. The highest BCUT2D eigenvalue weighted by molar-refractivity contribution is 7.89. The molecule has 1 aliphatic heterocycles. The second-order valence-electron chi connectivity index (χ2n) is 5.62. The highest BCUT2D eigenvalue weighted by Gasteiger charge is 2.33. The molecule has 2 rings (SSSR count). The van der Waals surface area contributed by atoms with Crippen molar-refractivity contribution in [2.24, 2.45) is 11.8 Å². The molecule has 2 atom stereocenters. The van der Waals surface area contributed by atoms with Crippen molar-refractivity contribution in [3.63, 3.8) is 0 Å². The summed E-state index contributed by atoms with van der Waals surface area (Å²) >= 11 is 18.0. The lowest BCUT2D eigenvalue weighted by atomic mass is 9.90. The van der Waals surface area contributed by atoms with Crippen LogP contribution in [0.15, 0.2) is 17.0 Å². The summed E-state index contributed by atoms with van der Waals surface area (Å²) in [5.74, 6) is 0.957. The maximum Gasteiger partial charge on any atom is 0.244 e. The fourth-order valence-electron chi connectivity index (χ4n) is 2.49. The molecule has 0 N–H and O–H groups in total. The van der Waals surface area contributed by atoms with Gasteiger partial charge in [0.05, 0.1) is 5.02 Å². The molecular formula is C14H18Cl3NO2S. The third-order valence-electron chi connectivity index (χ3n) is 4.14. The molecule has 0 aromatic heterocycles. The predicted molar refractivity (Wildman–Crippen MR) is 87.7 cm³/mol. The highest BCUT2D eigenvalue weighted by atomic mass is 35.5. The van der Waals surface area contributed by atoms with Crippen LogP contribution in [0.3, 0.4) is 0 Å². The molecule has 0 bridgehead atoms. The number of sulfonamides is 1. The molecule has 1 aromatic carbocycles. The lowest BCUT2D eigenvalue weighted by molar-refractivity contribution is 0.212. The number of alkyl halides is 1. The van der Waals surface area contributed by atoms with Crippen molar-refractivity contribution in [2.75, 3.05) is 13.1 Å². The minimum absolute atomic E-state index is 0.0501. The van der Waals surface area contributed by atoms with Gasteiger partial charge in [0.25, 0.3) is 0 Å². The lowest BCUT2D eigenvalue weighted by Gasteiger charge is -2.34. The van der Waals surface area contributed by atoms with Crippen LogP contribution < -0.4 is 0 Å². The van der Waals surface area contributed by atoms with Gasteiger partial charge in [-0.1, -0.05) is 37.0 Å². The molecule has 118 valence electrons. The number of halogens is 3. The van der Waals surface area contributed by atoms with Crippen LogP contribution in [-0.2, 0) is 15.9 Å². The summed E-state index contributed by atoms with van der Waals surface area (Å²) in [5.41, 5.74) is 0.530. The normalized spacial score (nSPS) is 24.2. The molecule has 1 aliphatic rings. The second kappa shape index (κ2) is 6.63. The Bertz CT molecular complexity index is 633. The Morgan fingerprint density at radius 3 is 2.48 bits per heavy atom. The summed E-state index contributed by atoms with van der Waals surface area (Å²) in [6.07, 6.45) is 0.848. The van der Waals surface area contributed by atoms with Gasteiger partial charge in [0.1, 0.15) is 4.90 Å². The third kappa shape index (κ3) is 3.50. The Morgan fingerprint density at radius 1 is 1.24 bits per heavy atom. The minimum atomic E-state index is -3.65. The van der Waals surface area contributed by atoms with Crippen molar-refractivity contribution < 1.29 is 8.42 Å². The van der Waals surface area contributed by atoms with E-state index in [2.05, 4.69) is 13.8 Å². The van der Waals surface area contributed by atoms with Crippen LogP contribution in [-0.4, -0.2) is 25.8 Å². The Balaban J connectivity index is 2.43. The molecule has 2 unspecified atom stereocenters. The van der Waals surface area contributed by atoms with Crippen LogP contribution >= 0.6 is 34.8 Å². The maximum atomic E-state index is 12.8.